The molecule has 0 heterocycles. The van der Waals surface area contributed by atoms with Crippen molar-refractivity contribution in [3.8, 4) is 5.75 Å². The summed E-state index contributed by atoms with van der Waals surface area (Å²) in [6, 6.07) is 5.93. The van der Waals surface area contributed by atoms with Crippen LogP contribution in [0, 0.1) is 0 Å². The number of hydrogen-bond donors (Lipinski definition) is 1. The van der Waals surface area contributed by atoms with Gasteiger partial charge < -0.3 is 15.2 Å². The smallest absolute Gasteiger partial charge is 0.133 e. The van der Waals surface area contributed by atoms with Gasteiger partial charge in [0.05, 0.1) is 17.2 Å². The van der Waals surface area contributed by atoms with Crippen LogP contribution in [0.3, 0.4) is 0 Å². The predicted octanol–water partition coefficient (Wildman–Crippen LogP) is 3.27. The van der Waals surface area contributed by atoms with Crippen LogP contribution in [0.15, 0.2) is 22.7 Å². The molecule has 1 aromatic carbocycles. The van der Waals surface area contributed by atoms with Crippen LogP contribution in [0.25, 0.3) is 0 Å². The fraction of sp³-hybridized carbons (Fsp3) is 0.538. The van der Waals surface area contributed by atoms with Crippen molar-refractivity contribution in [3.05, 3.63) is 28.2 Å². The van der Waals surface area contributed by atoms with E-state index in [4.69, 9.17) is 15.2 Å². The van der Waals surface area contributed by atoms with Crippen molar-refractivity contribution in [1.29, 1.82) is 0 Å². The Morgan fingerprint density at radius 2 is 1.94 bits per heavy atom. The second kappa shape index (κ2) is 6.99. The van der Waals surface area contributed by atoms with E-state index in [0.29, 0.717) is 13.2 Å². The number of hydrogen-bond acceptors (Lipinski definition) is 3. The van der Waals surface area contributed by atoms with Gasteiger partial charge in [-0.25, -0.2) is 0 Å². The molecule has 0 aliphatic rings. The summed E-state index contributed by atoms with van der Waals surface area (Å²) in [6.07, 6.45) is 0.238. The quantitative estimate of drug-likeness (QED) is 0.820. The van der Waals surface area contributed by atoms with E-state index in [1.165, 1.54) is 0 Å². The lowest BCUT2D eigenvalue weighted by molar-refractivity contribution is 0.0551. The van der Waals surface area contributed by atoms with Gasteiger partial charge in [-0.15, -0.1) is 0 Å². The van der Waals surface area contributed by atoms with Crippen LogP contribution in [-0.4, -0.2) is 19.3 Å². The Morgan fingerprint density at radius 1 is 1.24 bits per heavy atom. The molecule has 1 atom stereocenters. The van der Waals surface area contributed by atoms with E-state index in [2.05, 4.69) is 15.9 Å². The summed E-state index contributed by atoms with van der Waals surface area (Å²) in [5, 5.41) is 0. The van der Waals surface area contributed by atoms with Crippen molar-refractivity contribution >= 4 is 15.9 Å². The Kier molecular flexibility index (Phi) is 5.95. The monoisotopic (exact) mass is 301 g/mol. The van der Waals surface area contributed by atoms with Crippen LogP contribution < -0.4 is 10.5 Å². The van der Waals surface area contributed by atoms with Crippen LogP contribution in [0.1, 0.15) is 32.4 Å². The summed E-state index contributed by atoms with van der Waals surface area (Å²) in [7, 11) is 0. The van der Waals surface area contributed by atoms with Crippen molar-refractivity contribution in [1.82, 2.24) is 0 Å². The molecule has 0 fully saturated rings. The molecule has 96 valence electrons. The van der Waals surface area contributed by atoms with Gasteiger partial charge in [-0.05, 0) is 54.4 Å². The van der Waals surface area contributed by atoms with Gasteiger partial charge in [0, 0.05) is 6.04 Å². The molecule has 1 rings (SSSR count). The molecule has 0 aromatic heterocycles. The van der Waals surface area contributed by atoms with E-state index < -0.39 is 0 Å². The molecule has 0 aliphatic carbocycles. The second-order valence-electron chi connectivity index (χ2n) is 4.25. The van der Waals surface area contributed by atoms with E-state index in [9.17, 15) is 0 Å². The second-order valence-corrected chi connectivity index (χ2v) is 5.10. The van der Waals surface area contributed by atoms with Crippen molar-refractivity contribution in [2.75, 3.05) is 13.2 Å². The standard InChI is InChI=1S/C13H20BrNO2/c1-9(2)16-6-7-17-13-5-4-11(10(3)15)8-12(13)14/h4-5,8-10H,6-7,15H2,1-3H3. The number of halogens is 1. The lowest BCUT2D eigenvalue weighted by Crippen LogP contribution is -2.11. The minimum Gasteiger partial charge on any atom is -0.490 e. The SMILES string of the molecule is CC(C)OCCOc1ccc(C(C)N)cc1Br. The predicted molar refractivity (Wildman–Crippen MR) is 73.3 cm³/mol. The van der Waals surface area contributed by atoms with Crippen LogP contribution in [0.2, 0.25) is 0 Å². The van der Waals surface area contributed by atoms with Crippen LogP contribution in [-0.2, 0) is 4.74 Å². The Hall–Kier alpha value is -0.580. The van der Waals surface area contributed by atoms with E-state index >= 15 is 0 Å². The molecule has 0 saturated heterocycles. The van der Waals surface area contributed by atoms with Gasteiger partial charge in [0.15, 0.2) is 0 Å². The van der Waals surface area contributed by atoms with Gasteiger partial charge >= 0.3 is 0 Å². The maximum atomic E-state index is 5.81. The largest absolute Gasteiger partial charge is 0.490 e. The summed E-state index contributed by atoms with van der Waals surface area (Å²) in [4.78, 5) is 0. The molecular weight excluding hydrogens is 282 g/mol. The summed E-state index contributed by atoms with van der Waals surface area (Å²) in [5.41, 5.74) is 6.89. The van der Waals surface area contributed by atoms with Crippen LogP contribution in [0.4, 0.5) is 0 Å². The van der Waals surface area contributed by atoms with Crippen molar-refractivity contribution in [3.63, 3.8) is 0 Å². The number of ether oxygens (including phenoxy) is 2. The van der Waals surface area contributed by atoms with Gasteiger partial charge in [0.25, 0.3) is 0 Å². The Morgan fingerprint density at radius 3 is 2.47 bits per heavy atom. The summed E-state index contributed by atoms with van der Waals surface area (Å²) in [5.74, 6) is 0.821. The lowest BCUT2D eigenvalue weighted by Gasteiger charge is -2.12. The summed E-state index contributed by atoms with van der Waals surface area (Å²) in [6.45, 7) is 7.12. The zero-order valence-electron chi connectivity index (χ0n) is 10.6. The van der Waals surface area contributed by atoms with E-state index in [0.717, 1.165) is 15.8 Å². The van der Waals surface area contributed by atoms with Gasteiger partial charge in [0.2, 0.25) is 0 Å². The maximum absolute atomic E-state index is 5.81. The average molecular weight is 302 g/mol. The summed E-state index contributed by atoms with van der Waals surface area (Å²) >= 11 is 3.48. The lowest BCUT2D eigenvalue weighted by atomic mass is 10.1. The fourth-order valence-electron chi connectivity index (χ4n) is 1.35. The molecule has 1 unspecified atom stereocenters. The number of benzene rings is 1. The number of nitrogens with two attached hydrogens (primary N) is 1. The Labute approximate surface area is 111 Å². The van der Waals surface area contributed by atoms with Crippen molar-refractivity contribution in [2.24, 2.45) is 5.73 Å². The highest BCUT2D eigenvalue weighted by molar-refractivity contribution is 9.10. The molecular formula is C13H20BrNO2. The van der Waals surface area contributed by atoms with E-state index in [1.807, 2.05) is 39.0 Å². The molecule has 0 radical (unpaired) electrons. The molecule has 17 heavy (non-hydrogen) atoms. The first-order valence-electron chi connectivity index (χ1n) is 5.80. The van der Waals surface area contributed by atoms with Gasteiger partial charge in [-0.3, -0.25) is 0 Å². The van der Waals surface area contributed by atoms with Gasteiger partial charge in [-0.2, -0.15) is 0 Å². The molecule has 0 amide bonds. The molecule has 2 N–H and O–H groups in total. The third kappa shape index (κ3) is 5.06. The van der Waals surface area contributed by atoms with Crippen molar-refractivity contribution < 1.29 is 9.47 Å². The van der Waals surface area contributed by atoms with E-state index in [-0.39, 0.29) is 12.1 Å². The topological polar surface area (TPSA) is 44.5 Å². The van der Waals surface area contributed by atoms with Crippen molar-refractivity contribution in [2.45, 2.75) is 32.9 Å². The molecule has 0 spiro atoms. The fourth-order valence-corrected chi connectivity index (χ4v) is 1.86. The molecule has 4 heteroatoms. The van der Waals surface area contributed by atoms with Gasteiger partial charge in [0.1, 0.15) is 12.4 Å². The highest BCUT2D eigenvalue weighted by Crippen LogP contribution is 2.27. The molecule has 0 aliphatic heterocycles. The first-order chi connectivity index (χ1) is 8.00. The van der Waals surface area contributed by atoms with Crippen LogP contribution in [0.5, 0.6) is 5.75 Å². The molecule has 1 aromatic rings. The van der Waals surface area contributed by atoms with Crippen LogP contribution >= 0.6 is 15.9 Å². The highest BCUT2D eigenvalue weighted by Gasteiger charge is 2.05. The third-order valence-corrected chi connectivity index (χ3v) is 2.89. The summed E-state index contributed by atoms with van der Waals surface area (Å²) < 4.78 is 11.9. The molecule has 3 nitrogen and oxygen atoms in total. The molecule has 0 saturated carbocycles. The average Bonchev–Trinajstić information content (AvgIpc) is 2.25. The Bertz CT molecular complexity index is 353. The zero-order valence-corrected chi connectivity index (χ0v) is 12.2. The first-order valence-corrected chi connectivity index (χ1v) is 6.59. The van der Waals surface area contributed by atoms with E-state index in [1.54, 1.807) is 0 Å². The number of rotatable bonds is 6. The normalized spacial score (nSPS) is 12.8. The Balaban J connectivity index is 2.49. The minimum absolute atomic E-state index is 0.0321. The van der Waals surface area contributed by atoms with Gasteiger partial charge in [-0.1, -0.05) is 6.07 Å². The zero-order chi connectivity index (χ0) is 12.8. The highest BCUT2D eigenvalue weighted by atomic mass is 79.9. The maximum Gasteiger partial charge on any atom is 0.133 e. The third-order valence-electron chi connectivity index (χ3n) is 2.27. The minimum atomic E-state index is 0.0321. The molecule has 0 bridgehead atoms. The first kappa shape index (κ1) is 14.5.